The summed E-state index contributed by atoms with van der Waals surface area (Å²) < 4.78 is 44.3. The number of nitrogens with one attached hydrogen (secondary N) is 2. The number of halogens is 3. The number of carbonyl (C=O) groups excluding carboxylic acids is 1. The third kappa shape index (κ3) is 6.56. The topological polar surface area (TPSA) is 98.1 Å². The highest BCUT2D eigenvalue weighted by Gasteiger charge is 2.30. The number of hydrogen-bond acceptors (Lipinski definition) is 6. The lowest BCUT2D eigenvalue weighted by atomic mass is 10.3. The molecule has 0 saturated heterocycles. The minimum atomic E-state index is -4.45. The number of rotatable bonds is 9. The molecule has 3 rings (SSSR count). The van der Waals surface area contributed by atoms with Crippen LogP contribution < -0.4 is 20.9 Å². The van der Waals surface area contributed by atoms with Gasteiger partial charge in [-0.2, -0.15) is 18.3 Å². The van der Waals surface area contributed by atoms with E-state index in [0.717, 1.165) is 16.9 Å². The molecule has 0 atom stereocenters. The zero-order valence-corrected chi connectivity index (χ0v) is 16.8. The number of amides is 1. The van der Waals surface area contributed by atoms with Crippen molar-refractivity contribution in [2.75, 3.05) is 25.0 Å². The number of para-hydroxylation sites is 1. The van der Waals surface area contributed by atoms with Crippen LogP contribution in [0.25, 0.3) is 0 Å². The first-order chi connectivity index (χ1) is 15.3. The van der Waals surface area contributed by atoms with Gasteiger partial charge < -0.3 is 15.4 Å². The van der Waals surface area contributed by atoms with E-state index in [2.05, 4.69) is 20.7 Å². The van der Waals surface area contributed by atoms with Crippen molar-refractivity contribution in [2.45, 2.75) is 12.7 Å². The van der Waals surface area contributed by atoms with Crippen molar-refractivity contribution in [1.82, 2.24) is 20.1 Å². The first kappa shape index (κ1) is 22.8. The maximum atomic E-state index is 12.5. The molecule has 0 spiro atoms. The highest BCUT2D eigenvalue weighted by Crippen LogP contribution is 2.28. The largest absolute Gasteiger partial charge is 0.492 e. The molecule has 0 unspecified atom stereocenters. The summed E-state index contributed by atoms with van der Waals surface area (Å²) in [4.78, 5) is 27.9. The van der Waals surface area contributed by atoms with Gasteiger partial charge in [-0.1, -0.05) is 18.2 Å². The third-order valence-electron chi connectivity index (χ3n) is 4.22. The summed E-state index contributed by atoms with van der Waals surface area (Å²) in [6, 6.07) is 13.8. The average molecular weight is 447 g/mol. The Bertz CT molecular complexity index is 1090. The van der Waals surface area contributed by atoms with Crippen LogP contribution in [0.3, 0.4) is 0 Å². The molecular weight excluding hydrogens is 427 g/mol. The Labute approximate surface area is 181 Å². The lowest BCUT2D eigenvalue weighted by molar-refractivity contribution is -0.137. The number of aromatic nitrogens is 3. The molecule has 0 aliphatic rings. The number of pyridine rings is 1. The van der Waals surface area contributed by atoms with Crippen molar-refractivity contribution in [1.29, 1.82) is 0 Å². The molecule has 2 aromatic heterocycles. The van der Waals surface area contributed by atoms with E-state index in [1.54, 1.807) is 12.1 Å². The van der Waals surface area contributed by atoms with Gasteiger partial charge in [0.05, 0.1) is 12.1 Å². The van der Waals surface area contributed by atoms with Crippen molar-refractivity contribution < 1.29 is 22.7 Å². The number of hydrogen-bond donors (Lipinski definition) is 2. The number of anilines is 1. The van der Waals surface area contributed by atoms with Gasteiger partial charge in [0.2, 0.25) is 0 Å². The van der Waals surface area contributed by atoms with Crippen LogP contribution in [0.15, 0.2) is 65.6 Å². The van der Waals surface area contributed by atoms with E-state index in [4.69, 9.17) is 4.74 Å². The Balaban J connectivity index is 1.46. The minimum Gasteiger partial charge on any atom is -0.492 e. The van der Waals surface area contributed by atoms with Crippen LogP contribution in [-0.2, 0) is 12.7 Å². The summed E-state index contributed by atoms with van der Waals surface area (Å²) >= 11 is 0. The van der Waals surface area contributed by atoms with Gasteiger partial charge in [0.1, 0.15) is 23.9 Å². The monoisotopic (exact) mass is 447 g/mol. The van der Waals surface area contributed by atoms with E-state index in [0.29, 0.717) is 5.75 Å². The predicted octanol–water partition coefficient (Wildman–Crippen LogP) is 2.58. The van der Waals surface area contributed by atoms with E-state index in [1.165, 1.54) is 18.2 Å². The van der Waals surface area contributed by atoms with E-state index >= 15 is 0 Å². The Morgan fingerprint density at radius 1 is 1.03 bits per heavy atom. The van der Waals surface area contributed by atoms with Crippen LogP contribution in [0, 0.1) is 0 Å². The van der Waals surface area contributed by atoms with Crippen molar-refractivity contribution >= 4 is 11.7 Å². The first-order valence-corrected chi connectivity index (χ1v) is 9.64. The summed E-state index contributed by atoms with van der Waals surface area (Å²) in [5.74, 6) is 0.409. The third-order valence-corrected chi connectivity index (χ3v) is 4.22. The molecule has 32 heavy (non-hydrogen) atoms. The quantitative estimate of drug-likeness (QED) is 0.490. The Kier molecular flexibility index (Phi) is 7.42. The molecule has 0 bridgehead atoms. The van der Waals surface area contributed by atoms with Crippen LogP contribution in [0.1, 0.15) is 16.1 Å². The zero-order valence-electron chi connectivity index (χ0n) is 16.8. The molecule has 0 aliphatic carbocycles. The summed E-state index contributed by atoms with van der Waals surface area (Å²) in [7, 11) is 0. The molecule has 0 radical (unpaired) electrons. The Hall–Kier alpha value is -3.89. The van der Waals surface area contributed by atoms with Gasteiger partial charge in [-0.05, 0) is 30.3 Å². The molecule has 168 valence electrons. The van der Waals surface area contributed by atoms with Crippen molar-refractivity contribution in [3.63, 3.8) is 0 Å². The lowest BCUT2D eigenvalue weighted by Gasteiger charge is -2.10. The number of benzene rings is 1. The van der Waals surface area contributed by atoms with Gasteiger partial charge in [0.25, 0.3) is 11.5 Å². The summed E-state index contributed by atoms with van der Waals surface area (Å²) in [5.41, 5.74) is -1.16. The maximum absolute atomic E-state index is 12.5. The standard InChI is InChI=1S/C21H20F3N5O3/c22-21(23,24)15-6-8-18(27-14-15)25-10-11-26-20(31)17-7-9-19(30)29(28-17)12-13-32-16-4-2-1-3-5-16/h1-9,14H,10-13H2,(H,25,27)(H,26,31). The smallest absolute Gasteiger partial charge is 0.417 e. The van der Waals surface area contributed by atoms with E-state index in [9.17, 15) is 22.8 Å². The summed E-state index contributed by atoms with van der Waals surface area (Å²) in [6.45, 7) is 0.760. The second-order valence-electron chi connectivity index (χ2n) is 6.55. The molecule has 3 aromatic rings. The van der Waals surface area contributed by atoms with Crippen LogP contribution in [0.5, 0.6) is 5.75 Å². The number of alkyl halides is 3. The van der Waals surface area contributed by atoms with Gasteiger partial charge in [-0.15, -0.1) is 0 Å². The number of carbonyl (C=O) groups is 1. The Morgan fingerprint density at radius 2 is 1.81 bits per heavy atom. The molecule has 2 N–H and O–H groups in total. The molecule has 11 heteroatoms. The summed E-state index contributed by atoms with van der Waals surface area (Å²) in [6.07, 6.45) is -3.72. The maximum Gasteiger partial charge on any atom is 0.417 e. The fraction of sp³-hybridized carbons (Fsp3) is 0.238. The van der Waals surface area contributed by atoms with Gasteiger partial charge >= 0.3 is 6.18 Å². The first-order valence-electron chi connectivity index (χ1n) is 9.64. The van der Waals surface area contributed by atoms with Crippen LogP contribution in [-0.4, -0.2) is 40.4 Å². The molecule has 1 amide bonds. The second-order valence-corrected chi connectivity index (χ2v) is 6.55. The molecule has 1 aromatic carbocycles. The van der Waals surface area contributed by atoms with Crippen LogP contribution in [0.2, 0.25) is 0 Å². The SMILES string of the molecule is O=C(NCCNc1ccc(C(F)(F)F)cn1)c1ccc(=O)n(CCOc2ccccc2)n1. The van der Waals surface area contributed by atoms with Gasteiger partial charge in [0.15, 0.2) is 0 Å². The molecule has 0 aliphatic heterocycles. The van der Waals surface area contributed by atoms with Crippen LogP contribution >= 0.6 is 0 Å². The van der Waals surface area contributed by atoms with Gasteiger partial charge in [-0.25, -0.2) is 9.67 Å². The second kappa shape index (κ2) is 10.4. The van der Waals surface area contributed by atoms with Crippen molar-refractivity contribution in [3.05, 3.63) is 82.4 Å². The summed E-state index contributed by atoms with van der Waals surface area (Å²) in [5, 5.41) is 9.47. The molecular formula is C21H20F3N5O3. The minimum absolute atomic E-state index is 0.0527. The molecule has 8 nitrogen and oxygen atoms in total. The van der Waals surface area contributed by atoms with Gasteiger partial charge in [0, 0.05) is 25.4 Å². The normalized spacial score (nSPS) is 11.1. The Morgan fingerprint density at radius 3 is 2.50 bits per heavy atom. The number of nitrogens with zero attached hydrogens (tertiary/aromatic N) is 3. The van der Waals surface area contributed by atoms with Crippen molar-refractivity contribution in [2.24, 2.45) is 0 Å². The zero-order chi connectivity index (χ0) is 23.0. The molecule has 2 heterocycles. The molecule has 0 saturated carbocycles. The highest BCUT2D eigenvalue weighted by atomic mass is 19.4. The van der Waals surface area contributed by atoms with E-state index < -0.39 is 17.6 Å². The van der Waals surface area contributed by atoms with Crippen molar-refractivity contribution in [3.8, 4) is 5.75 Å². The van der Waals surface area contributed by atoms with E-state index in [-0.39, 0.29) is 43.3 Å². The lowest BCUT2D eigenvalue weighted by Crippen LogP contribution is -2.33. The fourth-order valence-corrected chi connectivity index (χ4v) is 2.62. The van der Waals surface area contributed by atoms with E-state index in [1.807, 2.05) is 18.2 Å². The predicted molar refractivity (Wildman–Crippen MR) is 110 cm³/mol. The van der Waals surface area contributed by atoms with Gasteiger partial charge in [-0.3, -0.25) is 9.59 Å². The average Bonchev–Trinajstić information content (AvgIpc) is 2.78. The fourth-order valence-electron chi connectivity index (χ4n) is 2.62. The molecule has 0 fully saturated rings. The van der Waals surface area contributed by atoms with Crippen LogP contribution in [0.4, 0.5) is 19.0 Å². The highest BCUT2D eigenvalue weighted by molar-refractivity contribution is 5.91. The number of ether oxygens (including phenoxy) is 1.